The molecule has 0 spiro atoms. The standard InChI is InChI=1S/C10H14NOP/c1-8(12)10(11-13)7-9-5-3-2-4-6-9/h2-6,10-11H,7,13H2,1H3/t10-/m0/s1. The monoisotopic (exact) mass is 195 g/mol. The van der Waals surface area contributed by atoms with Crippen LogP contribution in [0.2, 0.25) is 0 Å². The van der Waals surface area contributed by atoms with Gasteiger partial charge in [-0.25, -0.2) is 0 Å². The molecule has 0 fully saturated rings. The smallest absolute Gasteiger partial charge is 0.147 e. The van der Waals surface area contributed by atoms with Gasteiger partial charge >= 0.3 is 0 Å². The van der Waals surface area contributed by atoms with E-state index in [1.54, 1.807) is 6.92 Å². The number of carbonyl (C=O) groups excluding carboxylic acids is 1. The van der Waals surface area contributed by atoms with Crippen molar-refractivity contribution in [2.75, 3.05) is 0 Å². The van der Waals surface area contributed by atoms with Gasteiger partial charge in [-0.3, -0.25) is 9.88 Å². The van der Waals surface area contributed by atoms with Crippen molar-refractivity contribution >= 4 is 15.2 Å². The summed E-state index contributed by atoms with van der Waals surface area (Å²) >= 11 is 0. The van der Waals surface area contributed by atoms with Crippen LogP contribution in [-0.2, 0) is 11.2 Å². The Morgan fingerprint density at radius 2 is 2.08 bits per heavy atom. The molecule has 13 heavy (non-hydrogen) atoms. The second kappa shape index (κ2) is 5.11. The SMILES string of the molecule is CC(=O)[C@H](Cc1ccccc1)NP. The maximum Gasteiger partial charge on any atom is 0.147 e. The van der Waals surface area contributed by atoms with Gasteiger partial charge in [0.05, 0.1) is 6.04 Å². The molecular formula is C10H14NOP. The highest BCUT2D eigenvalue weighted by atomic mass is 31.0. The number of rotatable bonds is 4. The van der Waals surface area contributed by atoms with E-state index in [1.807, 2.05) is 30.3 Å². The molecule has 1 N–H and O–H groups in total. The predicted octanol–water partition coefficient (Wildman–Crippen LogP) is 1.57. The molecule has 70 valence electrons. The van der Waals surface area contributed by atoms with Crippen LogP contribution in [0, 0.1) is 0 Å². The first-order valence-corrected chi connectivity index (χ1v) is 4.82. The molecule has 1 aromatic rings. The van der Waals surface area contributed by atoms with Gasteiger partial charge < -0.3 is 0 Å². The van der Waals surface area contributed by atoms with Crippen LogP contribution in [0.1, 0.15) is 12.5 Å². The molecule has 0 aromatic heterocycles. The highest BCUT2D eigenvalue weighted by Crippen LogP contribution is 2.04. The number of hydrogen-bond donors (Lipinski definition) is 1. The quantitative estimate of drug-likeness (QED) is 0.739. The van der Waals surface area contributed by atoms with Crippen LogP contribution in [0.25, 0.3) is 0 Å². The number of hydrogen-bond acceptors (Lipinski definition) is 2. The van der Waals surface area contributed by atoms with E-state index in [4.69, 9.17) is 0 Å². The Bertz CT molecular complexity index is 274. The largest absolute Gasteiger partial charge is 0.298 e. The molecule has 0 saturated carbocycles. The van der Waals surface area contributed by atoms with Crippen LogP contribution in [0.15, 0.2) is 30.3 Å². The van der Waals surface area contributed by atoms with Gasteiger partial charge in [0.2, 0.25) is 0 Å². The maximum absolute atomic E-state index is 11.1. The Hall–Kier alpha value is -0.720. The van der Waals surface area contributed by atoms with Gasteiger partial charge in [-0.2, -0.15) is 0 Å². The van der Waals surface area contributed by atoms with E-state index >= 15 is 0 Å². The van der Waals surface area contributed by atoms with Crippen molar-refractivity contribution in [3.8, 4) is 0 Å². The van der Waals surface area contributed by atoms with Crippen LogP contribution in [0.4, 0.5) is 0 Å². The molecule has 1 rings (SSSR count). The molecule has 3 heteroatoms. The third kappa shape index (κ3) is 3.25. The highest BCUT2D eigenvalue weighted by Gasteiger charge is 2.11. The van der Waals surface area contributed by atoms with Gasteiger partial charge in [0.25, 0.3) is 0 Å². The summed E-state index contributed by atoms with van der Waals surface area (Å²) in [6, 6.07) is 9.90. The Balaban J connectivity index is 2.62. The van der Waals surface area contributed by atoms with Crippen molar-refractivity contribution in [2.45, 2.75) is 19.4 Å². The molecule has 2 nitrogen and oxygen atoms in total. The Kier molecular flexibility index (Phi) is 4.07. The third-order valence-corrected chi connectivity index (χ3v) is 2.38. The highest BCUT2D eigenvalue weighted by molar-refractivity contribution is 7.13. The fourth-order valence-electron chi connectivity index (χ4n) is 1.17. The van der Waals surface area contributed by atoms with Gasteiger partial charge in [-0.1, -0.05) is 39.7 Å². The Labute approximate surface area is 81.0 Å². The zero-order chi connectivity index (χ0) is 9.68. The summed E-state index contributed by atoms with van der Waals surface area (Å²) in [5.74, 6) is 0.166. The van der Waals surface area contributed by atoms with E-state index < -0.39 is 0 Å². The van der Waals surface area contributed by atoms with Crippen LogP contribution in [0.3, 0.4) is 0 Å². The lowest BCUT2D eigenvalue weighted by Crippen LogP contribution is -2.30. The van der Waals surface area contributed by atoms with Crippen molar-refractivity contribution in [3.63, 3.8) is 0 Å². The molecule has 0 bridgehead atoms. The molecule has 0 aliphatic carbocycles. The lowest BCUT2D eigenvalue weighted by Gasteiger charge is -2.11. The van der Waals surface area contributed by atoms with Gasteiger partial charge in [0, 0.05) is 0 Å². The van der Waals surface area contributed by atoms with Gasteiger partial charge in [-0.05, 0) is 18.9 Å². The zero-order valence-electron chi connectivity index (χ0n) is 7.66. The molecule has 0 saturated heterocycles. The van der Waals surface area contributed by atoms with Crippen LogP contribution >= 0.6 is 9.39 Å². The summed E-state index contributed by atoms with van der Waals surface area (Å²) in [7, 11) is 2.39. The molecule has 0 aliphatic rings. The van der Waals surface area contributed by atoms with Crippen LogP contribution in [-0.4, -0.2) is 11.8 Å². The van der Waals surface area contributed by atoms with E-state index in [0.29, 0.717) is 0 Å². The van der Waals surface area contributed by atoms with Crippen molar-refractivity contribution in [2.24, 2.45) is 0 Å². The van der Waals surface area contributed by atoms with Gasteiger partial charge in [-0.15, -0.1) is 0 Å². The number of Topliss-reactive ketones (excluding diaryl/α,β-unsaturated/α-hetero) is 1. The summed E-state index contributed by atoms with van der Waals surface area (Å²) in [6.45, 7) is 1.60. The van der Waals surface area contributed by atoms with E-state index in [-0.39, 0.29) is 11.8 Å². The maximum atomic E-state index is 11.1. The van der Waals surface area contributed by atoms with Crippen molar-refractivity contribution in [1.82, 2.24) is 5.09 Å². The first-order valence-electron chi connectivity index (χ1n) is 4.24. The third-order valence-electron chi connectivity index (χ3n) is 1.97. The average Bonchev–Trinajstić information content (AvgIpc) is 2.15. The lowest BCUT2D eigenvalue weighted by atomic mass is 10.0. The number of nitrogens with one attached hydrogen (secondary N) is 1. The normalized spacial score (nSPS) is 12.5. The summed E-state index contributed by atoms with van der Waals surface area (Å²) in [6.07, 6.45) is 0.750. The number of benzene rings is 1. The topological polar surface area (TPSA) is 29.1 Å². The minimum atomic E-state index is -0.0904. The molecule has 1 unspecified atom stereocenters. The predicted molar refractivity (Wildman–Crippen MR) is 57.5 cm³/mol. The van der Waals surface area contributed by atoms with Gasteiger partial charge in [0.15, 0.2) is 0 Å². The molecule has 0 radical (unpaired) electrons. The molecule has 2 atom stereocenters. The van der Waals surface area contributed by atoms with Crippen molar-refractivity contribution in [1.29, 1.82) is 0 Å². The Morgan fingerprint density at radius 1 is 1.46 bits per heavy atom. The first kappa shape index (κ1) is 10.4. The average molecular weight is 195 g/mol. The zero-order valence-corrected chi connectivity index (χ0v) is 8.81. The van der Waals surface area contributed by atoms with Crippen molar-refractivity contribution in [3.05, 3.63) is 35.9 Å². The van der Waals surface area contributed by atoms with E-state index in [0.717, 1.165) is 6.42 Å². The number of ketones is 1. The second-order valence-corrected chi connectivity index (χ2v) is 3.35. The van der Waals surface area contributed by atoms with Crippen molar-refractivity contribution < 1.29 is 4.79 Å². The molecule has 1 aromatic carbocycles. The van der Waals surface area contributed by atoms with E-state index in [9.17, 15) is 4.79 Å². The minimum Gasteiger partial charge on any atom is -0.298 e. The Morgan fingerprint density at radius 3 is 2.54 bits per heavy atom. The minimum absolute atomic E-state index is 0.0904. The van der Waals surface area contributed by atoms with Crippen LogP contribution in [0.5, 0.6) is 0 Å². The summed E-state index contributed by atoms with van der Waals surface area (Å²) < 4.78 is 0. The fraction of sp³-hybridized carbons (Fsp3) is 0.300. The lowest BCUT2D eigenvalue weighted by molar-refractivity contribution is -0.118. The van der Waals surface area contributed by atoms with Crippen LogP contribution < -0.4 is 5.09 Å². The summed E-state index contributed by atoms with van der Waals surface area (Å²) in [5, 5.41) is 2.92. The van der Waals surface area contributed by atoms with E-state index in [1.165, 1.54) is 5.56 Å². The molecule has 0 heterocycles. The summed E-state index contributed by atoms with van der Waals surface area (Å²) in [4.78, 5) is 11.1. The fourth-order valence-corrected chi connectivity index (χ4v) is 1.52. The molecular weight excluding hydrogens is 181 g/mol. The van der Waals surface area contributed by atoms with Gasteiger partial charge in [0.1, 0.15) is 5.78 Å². The number of carbonyl (C=O) groups is 1. The second-order valence-electron chi connectivity index (χ2n) is 3.02. The molecule has 0 aliphatic heterocycles. The van der Waals surface area contributed by atoms with E-state index in [2.05, 4.69) is 14.5 Å². The summed E-state index contributed by atoms with van der Waals surface area (Å²) in [5.41, 5.74) is 1.18. The molecule has 0 amide bonds. The first-order chi connectivity index (χ1) is 6.24.